The van der Waals surface area contributed by atoms with Crippen LogP contribution in [0.4, 0.5) is 0 Å². The Morgan fingerprint density at radius 2 is 2.22 bits per heavy atom. The molecular weight excluding hydrogens is 233 g/mol. The van der Waals surface area contributed by atoms with Gasteiger partial charge in [-0.1, -0.05) is 22.6 Å². The molecular formula is C4H8IN3O. The van der Waals surface area contributed by atoms with E-state index >= 15 is 0 Å². The molecule has 0 radical (unpaired) electrons. The molecule has 0 bridgehead atoms. The van der Waals surface area contributed by atoms with Crippen molar-refractivity contribution in [1.29, 1.82) is 0 Å². The lowest BCUT2D eigenvalue weighted by molar-refractivity contribution is -0.105. The van der Waals surface area contributed by atoms with Crippen molar-refractivity contribution < 1.29 is 4.79 Å². The highest BCUT2D eigenvalue weighted by atomic mass is 127. The van der Waals surface area contributed by atoms with Gasteiger partial charge in [0.15, 0.2) is 6.29 Å². The maximum absolute atomic E-state index is 10.1. The second kappa shape index (κ2) is 4.42. The molecule has 0 amide bonds. The van der Waals surface area contributed by atoms with E-state index in [0.29, 0.717) is 10.8 Å². The van der Waals surface area contributed by atoms with E-state index in [9.17, 15) is 4.79 Å². The van der Waals surface area contributed by atoms with Crippen LogP contribution in [-0.4, -0.2) is 10.8 Å². The molecule has 0 atom stereocenters. The highest BCUT2D eigenvalue weighted by Crippen LogP contribution is 1.85. The van der Waals surface area contributed by atoms with E-state index in [4.69, 9.17) is 11.5 Å². The van der Waals surface area contributed by atoms with Crippen LogP contribution < -0.4 is 16.8 Å². The van der Waals surface area contributed by atoms with Crippen LogP contribution >= 0.6 is 22.6 Å². The smallest absolute Gasteiger partial charge is 0.169 e. The average molecular weight is 241 g/mol. The lowest BCUT2D eigenvalue weighted by Gasteiger charge is -2.00. The van der Waals surface area contributed by atoms with E-state index in [1.165, 1.54) is 0 Å². The number of allylic oxidation sites excluding steroid dienone is 1. The number of hydrogen-bond donors (Lipinski definition) is 3. The third-order valence-corrected chi connectivity index (χ3v) is 1.07. The normalized spacial score (nSPS) is 8.11. The molecule has 0 aliphatic carbocycles. The van der Waals surface area contributed by atoms with Crippen LogP contribution in [0.15, 0.2) is 11.5 Å². The number of carbonyl (C=O) groups is 1. The molecule has 0 aromatic carbocycles. The molecule has 0 aliphatic rings. The second-order valence-corrected chi connectivity index (χ2v) is 2.06. The summed E-state index contributed by atoms with van der Waals surface area (Å²) in [5, 5.41) is 2.68. The first-order valence-electron chi connectivity index (χ1n) is 2.22. The Morgan fingerprint density at radius 3 is 2.33 bits per heavy atom. The molecule has 0 saturated carbocycles. The van der Waals surface area contributed by atoms with Crippen LogP contribution in [0.2, 0.25) is 0 Å². The minimum absolute atomic E-state index is 0.0293. The standard InChI is InChI=1S/C4H8IN3O/c5-2-8-3(1-9)4(6)7/h1,8H,2,6-7H2. The molecule has 0 aromatic rings. The maximum atomic E-state index is 10.1. The van der Waals surface area contributed by atoms with Gasteiger partial charge in [-0.25, -0.2) is 0 Å². The summed E-state index contributed by atoms with van der Waals surface area (Å²) < 4.78 is 0.615. The quantitative estimate of drug-likeness (QED) is 0.200. The SMILES string of the molecule is NC(N)=C(C=O)NCI. The van der Waals surface area contributed by atoms with Crippen LogP contribution in [0.5, 0.6) is 0 Å². The minimum Gasteiger partial charge on any atom is -0.384 e. The molecule has 4 nitrogen and oxygen atoms in total. The Labute approximate surface area is 66.8 Å². The van der Waals surface area contributed by atoms with Gasteiger partial charge < -0.3 is 16.8 Å². The van der Waals surface area contributed by atoms with Gasteiger partial charge in [0, 0.05) is 0 Å². The highest BCUT2D eigenvalue weighted by Gasteiger charge is 1.94. The predicted octanol–water partition coefficient (Wildman–Crippen LogP) is -0.746. The first-order chi connectivity index (χ1) is 4.22. The van der Waals surface area contributed by atoms with Gasteiger partial charge in [-0.05, 0) is 0 Å². The van der Waals surface area contributed by atoms with Crippen molar-refractivity contribution in [2.24, 2.45) is 11.5 Å². The molecule has 0 rings (SSSR count). The summed E-state index contributed by atoms with van der Waals surface area (Å²) in [6.45, 7) is 0. The summed E-state index contributed by atoms with van der Waals surface area (Å²) in [7, 11) is 0. The molecule has 0 heterocycles. The van der Waals surface area contributed by atoms with Crippen molar-refractivity contribution in [2.75, 3.05) is 4.55 Å². The summed E-state index contributed by atoms with van der Waals surface area (Å²) in [5.74, 6) is 0.0293. The zero-order valence-corrected chi connectivity index (χ0v) is 6.88. The lowest BCUT2D eigenvalue weighted by atomic mass is 10.5. The van der Waals surface area contributed by atoms with Gasteiger partial charge in [0.25, 0.3) is 0 Å². The zero-order chi connectivity index (χ0) is 7.28. The Morgan fingerprint density at radius 1 is 1.67 bits per heavy atom. The summed E-state index contributed by atoms with van der Waals surface area (Å²) in [6, 6.07) is 0. The molecule has 0 saturated heterocycles. The topological polar surface area (TPSA) is 81.1 Å². The number of carbonyl (C=O) groups excluding carboxylic acids is 1. The summed E-state index contributed by atoms with van der Waals surface area (Å²) in [4.78, 5) is 10.1. The number of aldehydes is 1. The van der Waals surface area contributed by atoms with Crippen molar-refractivity contribution in [3.63, 3.8) is 0 Å². The van der Waals surface area contributed by atoms with E-state index in [1.807, 2.05) is 22.6 Å². The fourth-order valence-corrected chi connectivity index (χ4v) is 0.695. The summed E-state index contributed by atoms with van der Waals surface area (Å²) >= 11 is 2.04. The van der Waals surface area contributed by atoms with E-state index < -0.39 is 0 Å². The molecule has 0 aromatic heterocycles. The first-order valence-corrected chi connectivity index (χ1v) is 3.75. The number of hydrogen-bond acceptors (Lipinski definition) is 4. The predicted molar refractivity (Wildman–Crippen MR) is 43.5 cm³/mol. The van der Waals surface area contributed by atoms with Gasteiger partial charge in [0.1, 0.15) is 11.5 Å². The number of halogens is 1. The van der Waals surface area contributed by atoms with E-state index in [2.05, 4.69) is 5.32 Å². The molecule has 52 valence electrons. The Balaban J connectivity index is 3.98. The fourth-order valence-electron chi connectivity index (χ4n) is 0.284. The zero-order valence-electron chi connectivity index (χ0n) is 4.73. The summed E-state index contributed by atoms with van der Waals surface area (Å²) in [5.41, 5.74) is 10.4. The first kappa shape index (κ1) is 8.54. The molecule has 5 heteroatoms. The largest absolute Gasteiger partial charge is 0.384 e. The number of nitrogens with two attached hydrogens (primary N) is 2. The average Bonchev–Trinajstić information content (AvgIpc) is 1.82. The molecule has 5 N–H and O–H groups in total. The van der Waals surface area contributed by atoms with Gasteiger partial charge in [0.2, 0.25) is 0 Å². The number of nitrogens with one attached hydrogen (secondary N) is 1. The third-order valence-electron chi connectivity index (χ3n) is 0.686. The van der Waals surface area contributed by atoms with Gasteiger partial charge >= 0.3 is 0 Å². The third kappa shape index (κ3) is 3.17. The molecule has 9 heavy (non-hydrogen) atoms. The van der Waals surface area contributed by atoms with Gasteiger partial charge in [-0.3, -0.25) is 4.79 Å². The highest BCUT2D eigenvalue weighted by molar-refractivity contribution is 14.1. The second-order valence-electron chi connectivity index (χ2n) is 1.30. The van der Waals surface area contributed by atoms with Crippen molar-refractivity contribution in [1.82, 2.24) is 5.32 Å². The van der Waals surface area contributed by atoms with Crippen LogP contribution in [0, 0.1) is 0 Å². The fraction of sp³-hybridized carbons (Fsp3) is 0.250. The van der Waals surface area contributed by atoms with Crippen LogP contribution in [-0.2, 0) is 4.79 Å². The van der Waals surface area contributed by atoms with Gasteiger partial charge in [0.05, 0.1) is 4.55 Å². The Hall–Kier alpha value is -0.460. The van der Waals surface area contributed by atoms with Gasteiger partial charge in [-0.2, -0.15) is 0 Å². The lowest BCUT2D eigenvalue weighted by Crippen LogP contribution is -2.22. The molecule has 0 spiro atoms. The van der Waals surface area contributed by atoms with Crippen molar-refractivity contribution in [2.45, 2.75) is 0 Å². The molecule has 0 unspecified atom stereocenters. The van der Waals surface area contributed by atoms with E-state index in [1.54, 1.807) is 0 Å². The molecule has 0 fully saturated rings. The monoisotopic (exact) mass is 241 g/mol. The van der Waals surface area contributed by atoms with Crippen LogP contribution in [0.3, 0.4) is 0 Å². The minimum atomic E-state index is 0.0293. The van der Waals surface area contributed by atoms with Crippen LogP contribution in [0.1, 0.15) is 0 Å². The summed E-state index contributed by atoms with van der Waals surface area (Å²) in [6.07, 6.45) is 0.591. The van der Waals surface area contributed by atoms with Crippen molar-refractivity contribution >= 4 is 28.9 Å². The van der Waals surface area contributed by atoms with Crippen molar-refractivity contribution in [3.05, 3.63) is 11.5 Å². The van der Waals surface area contributed by atoms with Gasteiger partial charge in [-0.15, -0.1) is 0 Å². The Bertz CT molecular complexity index is 130. The van der Waals surface area contributed by atoms with E-state index in [0.717, 1.165) is 0 Å². The molecule has 0 aliphatic heterocycles. The number of rotatable bonds is 3. The Kier molecular flexibility index (Phi) is 4.20. The maximum Gasteiger partial charge on any atom is 0.169 e. The number of alkyl halides is 1. The van der Waals surface area contributed by atoms with Crippen LogP contribution in [0.25, 0.3) is 0 Å². The van der Waals surface area contributed by atoms with Crippen molar-refractivity contribution in [3.8, 4) is 0 Å². The van der Waals surface area contributed by atoms with E-state index in [-0.39, 0.29) is 11.5 Å².